The van der Waals surface area contributed by atoms with Crippen LogP contribution in [0.25, 0.3) is 0 Å². The quantitative estimate of drug-likeness (QED) is 0.847. The lowest BCUT2D eigenvalue weighted by Crippen LogP contribution is -2.47. The lowest BCUT2D eigenvalue weighted by molar-refractivity contribution is -0.134. The molecule has 1 aliphatic heterocycles. The predicted octanol–water partition coefficient (Wildman–Crippen LogP) is 4.13. The smallest absolute Gasteiger partial charge is 0.117 e. The minimum Gasteiger partial charge on any atom is -0.362 e. The first-order chi connectivity index (χ1) is 8.07. The zero-order valence-electron chi connectivity index (χ0n) is 11.3. The van der Waals surface area contributed by atoms with Gasteiger partial charge < -0.3 is 10.1 Å². The molecule has 94 valence electrons. The molecular weight excluding hydrogens is 210 g/mol. The van der Waals surface area contributed by atoms with Gasteiger partial charge in [-0.15, -0.1) is 0 Å². The summed E-state index contributed by atoms with van der Waals surface area (Å²) in [4.78, 5) is 0. The lowest BCUT2D eigenvalue weighted by atomic mass is 9.67. The average molecular weight is 233 g/mol. The Morgan fingerprint density at radius 1 is 1.29 bits per heavy atom. The zero-order valence-corrected chi connectivity index (χ0v) is 11.3. The molecular formula is C15H23NO. The summed E-state index contributed by atoms with van der Waals surface area (Å²) in [5, 5.41) is 3.33. The molecule has 0 saturated heterocycles. The van der Waals surface area contributed by atoms with Gasteiger partial charge in [-0.3, -0.25) is 0 Å². The van der Waals surface area contributed by atoms with E-state index in [1.165, 1.54) is 11.3 Å². The van der Waals surface area contributed by atoms with Crippen LogP contribution in [0.1, 0.15) is 46.1 Å². The van der Waals surface area contributed by atoms with Crippen LogP contribution in [0.2, 0.25) is 0 Å². The van der Waals surface area contributed by atoms with Gasteiger partial charge in [0.25, 0.3) is 0 Å². The second-order valence-corrected chi connectivity index (χ2v) is 5.43. The average Bonchev–Trinajstić information content (AvgIpc) is 2.37. The van der Waals surface area contributed by atoms with Crippen molar-refractivity contribution in [3.05, 3.63) is 29.8 Å². The highest BCUT2D eigenvalue weighted by Crippen LogP contribution is 2.51. The summed E-state index contributed by atoms with van der Waals surface area (Å²) in [5.74, 6) is 0. The zero-order chi connectivity index (χ0) is 12.5. The molecule has 1 atom stereocenters. The van der Waals surface area contributed by atoms with Gasteiger partial charge in [-0.2, -0.15) is 0 Å². The van der Waals surface area contributed by atoms with Crippen LogP contribution in [-0.2, 0) is 10.3 Å². The molecule has 2 nitrogen and oxygen atoms in total. The number of rotatable bonds is 3. The van der Waals surface area contributed by atoms with Crippen molar-refractivity contribution in [3.8, 4) is 0 Å². The summed E-state index contributed by atoms with van der Waals surface area (Å²) in [6, 6.07) is 8.53. The van der Waals surface area contributed by atoms with Crippen molar-refractivity contribution in [2.45, 2.75) is 46.1 Å². The third kappa shape index (κ3) is 1.75. The van der Waals surface area contributed by atoms with Crippen LogP contribution in [-0.4, -0.2) is 6.73 Å². The fraction of sp³-hybridized carbons (Fsp3) is 0.600. The Balaban J connectivity index is 2.57. The Morgan fingerprint density at radius 3 is 2.65 bits per heavy atom. The van der Waals surface area contributed by atoms with Gasteiger partial charge in [0.1, 0.15) is 12.3 Å². The van der Waals surface area contributed by atoms with E-state index in [1.807, 2.05) is 0 Å². The Kier molecular flexibility index (Phi) is 3.17. The van der Waals surface area contributed by atoms with Crippen molar-refractivity contribution in [2.24, 2.45) is 5.41 Å². The van der Waals surface area contributed by atoms with E-state index in [1.54, 1.807) is 0 Å². The molecule has 1 heterocycles. The number of para-hydroxylation sites is 1. The minimum atomic E-state index is -0.163. The Hall–Kier alpha value is -1.02. The van der Waals surface area contributed by atoms with E-state index in [2.05, 4.69) is 57.3 Å². The second kappa shape index (κ2) is 4.34. The molecule has 0 spiro atoms. The molecule has 1 N–H and O–H groups in total. The summed E-state index contributed by atoms with van der Waals surface area (Å²) >= 11 is 0. The van der Waals surface area contributed by atoms with Crippen molar-refractivity contribution < 1.29 is 4.74 Å². The maximum atomic E-state index is 6.19. The predicted molar refractivity (Wildman–Crippen MR) is 72.1 cm³/mol. The summed E-state index contributed by atoms with van der Waals surface area (Å²) in [5.41, 5.74) is 2.51. The van der Waals surface area contributed by atoms with Gasteiger partial charge in [0.15, 0.2) is 0 Å². The van der Waals surface area contributed by atoms with E-state index in [4.69, 9.17) is 4.74 Å². The first kappa shape index (κ1) is 12.4. The monoisotopic (exact) mass is 233 g/mol. The van der Waals surface area contributed by atoms with Gasteiger partial charge in [-0.05, 0) is 24.3 Å². The van der Waals surface area contributed by atoms with Crippen molar-refractivity contribution in [1.29, 1.82) is 0 Å². The summed E-state index contributed by atoms with van der Waals surface area (Å²) in [6.45, 7) is 9.68. The van der Waals surface area contributed by atoms with E-state index >= 15 is 0 Å². The van der Waals surface area contributed by atoms with E-state index in [-0.39, 0.29) is 11.0 Å². The number of ether oxygens (including phenoxy) is 1. The molecule has 0 aromatic heterocycles. The van der Waals surface area contributed by atoms with Crippen LogP contribution >= 0.6 is 0 Å². The normalized spacial score (nSPS) is 24.0. The highest BCUT2D eigenvalue weighted by Gasteiger charge is 2.47. The first-order valence-electron chi connectivity index (χ1n) is 6.55. The molecule has 2 rings (SSSR count). The maximum absolute atomic E-state index is 6.19. The molecule has 0 radical (unpaired) electrons. The summed E-state index contributed by atoms with van der Waals surface area (Å²) < 4.78 is 6.19. The topological polar surface area (TPSA) is 21.3 Å². The largest absolute Gasteiger partial charge is 0.362 e. The van der Waals surface area contributed by atoms with Gasteiger partial charge in [-0.25, -0.2) is 0 Å². The van der Waals surface area contributed by atoms with Crippen LogP contribution in [0.5, 0.6) is 0 Å². The Morgan fingerprint density at radius 2 is 2.00 bits per heavy atom. The van der Waals surface area contributed by atoms with Crippen LogP contribution in [0.15, 0.2) is 24.3 Å². The van der Waals surface area contributed by atoms with Crippen LogP contribution in [0, 0.1) is 5.41 Å². The van der Waals surface area contributed by atoms with Crippen molar-refractivity contribution >= 4 is 5.69 Å². The maximum Gasteiger partial charge on any atom is 0.117 e. The van der Waals surface area contributed by atoms with Gasteiger partial charge in [0, 0.05) is 11.3 Å². The first-order valence-corrected chi connectivity index (χ1v) is 6.55. The van der Waals surface area contributed by atoms with E-state index in [9.17, 15) is 0 Å². The highest BCUT2D eigenvalue weighted by atomic mass is 16.5. The third-order valence-electron chi connectivity index (χ3n) is 4.42. The van der Waals surface area contributed by atoms with Gasteiger partial charge in [-0.1, -0.05) is 45.9 Å². The highest BCUT2D eigenvalue weighted by molar-refractivity contribution is 5.55. The molecule has 1 aromatic carbocycles. The van der Waals surface area contributed by atoms with Gasteiger partial charge in [0.2, 0.25) is 0 Å². The SMILES string of the molecule is CCC(C)(C)C1(CC)OCNc2ccccc21. The summed E-state index contributed by atoms with van der Waals surface area (Å²) in [7, 11) is 0. The molecule has 1 aliphatic rings. The third-order valence-corrected chi connectivity index (χ3v) is 4.42. The molecule has 1 unspecified atom stereocenters. The van der Waals surface area contributed by atoms with E-state index in [0.29, 0.717) is 6.73 Å². The van der Waals surface area contributed by atoms with Crippen LogP contribution in [0.3, 0.4) is 0 Å². The van der Waals surface area contributed by atoms with E-state index < -0.39 is 0 Å². The number of benzene rings is 1. The van der Waals surface area contributed by atoms with Crippen molar-refractivity contribution in [3.63, 3.8) is 0 Å². The Labute approximate surface area is 104 Å². The fourth-order valence-electron chi connectivity index (χ4n) is 2.92. The lowest BCUT2D eigenvalue weighted by Gasteiger charge is -2.49. The Bertz CT molecular complexity index is 400. The van der Waals surface area contributed by atoms with Crippen LogP contribution < -0.4 is 5.32 Å². The summed E-state index contributed by atoms with van der Waals surface area (Å²) in [6.07, 6.45) is 2.11. The molecule has 0 saturated carbocycles. The van der Waals surface area contributed by atoms with Crippen molar-refractivity contribution in [2.75, 3.05) is 12.0 Å². The van der Waals surface area contributed by atoms with Gasteiger partial charge in [0.05, 0.1) is 0 Å². The molecule has 0 fully saturated rings. The van der Waals surface area contributed by atoms with E-state index in [0.717, 1.165) is 12.8 Å². The second-order valence-electron chi connectivity index (χ2n) is 5.43. The molecule has 0 aliphatic carbocycles. The molecule has 17 heavy (non-hydrogen) atoms. The molecule has 0 amide bonds. The molecule has 2 heteroatoms. The standard InChI is InChI=1S/C15H23NO/c1-5-14(3,4)15(6-2)12-9-7-8-10-13(12)16-11-17-15/h7-10,16H,5-6,11H2,1-4H3. The number of hydrogen-bond donors (Lipinski definition) is 1. The number of anilines is 1. The molecule has 0 bridgehead atoms. The fourth-order valence-corrected chi connectivity index (χ4v) is 2.92. The van der Waals surface area contributed by atoms with Gasteiger partial charge >= 0.3 is 0 Å². The van der Waals surface area contributed by atoms with Crippen molar-refractivity contribution in [1.82, 2.24) is 0 Å². The minimum absolute atomic E-state index is 0.139. The number of fused-ring (bicyclic) bond motifs is 1. The molecule has 1 aromatic rings. The number of hydrogen-bond acceptors (Lipinski definition) is 2. The van der Waals surface area contributed by atoms with Crippen LogP contribution in [0.4, 0.5) is 5.69 Å². The number of nitrogens with one attached hydrogen (secondary N) is 1.